The number of rotatable bonds is 3. The molecule has 2 rings (SSSR count). The van der Waals surface area contributed by atoms with Gasteiger partial charge in [0, 0.05) is 17.0 Å². The van der Waals surface area contributed by atoms with Crippen LogP contribution in [0, 0.1) is 18.6 Å². The lowest BCUT2D eigenvalue weighted by Gasteiger charge is -2.33. The van der Waals surface area contributed by atoms with Gasteiger partial charge in [-0.05, 0) is 30.2 Å². The maximum atomic E-state index is 14.1. The predicted octanol–water partition coefficient (Wildman–Crippen LogP) is 4.25. The highest BCUT2D eigenvalue weighted by Gasteiger charge is 2.31. The van der Waals surface area contributed by atoms with Crippen molar-refractivity contribution in [2.75, 3.05) is 0 Å². The monoisotopic (exact) mass is 275 g/mol. The number of nitrogens with two attached hydrogens (primary N) is 1. The molecule has 1 atom stereocenters. The number of hydrogen-bond donors (Lipinski definition) is 1. The zero-order valence-corrected chi connectivity index (χ0v) is 12.0. The Morgan fingerprint density at radius 3 is 2.20 bits per heavy atom. The Morgan fingerprint density at radius 1 is 1.00 bits per heavy atom. The van der Waals surface area contributed by atoms with Crippen LogP contribution in [0.1, 0.15) is 36.6 Å². The molecular weight excluding hydrogens is 256 g/mol. The predicted molar refractivity (Wildman–Crippen MR) is 77.5 cm³/mol. The molecule has 1 nitrogen and oxygen atoms in total. The van der Waals surface area contributed by atoms with E-state index in [1.807, 2.05) is 44.2 Å². The summed E-state index contributed by atoms with van der Waals surface area (Å²) >= 11 is 0. The Bertz CT molecular complexity index is 606. The van der Waals surface area contributed by atoms with Gasteiger partial charge >= 0.3 is 0 Å². The summed E-state index contributed by atoms with van der Waals surface area (Å²) in [5, 5.41) is 0. The van der Waals surface area contributed by atoms with E-state index in [9.17, 15) is 8.78 Å². The van der Waals surface area contributed by atoms with Crippen molar-refractivity contribution < 1.29 is 8.78 Å². The first kappa shape index (κ1) is 14.7. The third-order valence-corrected chi connectivity index (χ3v) is 3.91. The summed E-state index contributed by atoms with van der Waals surface area (Å²) in [6, 6.07) is 11.4. The number of benzene rings is 2. The molecule has 0 saturated carbocycles. The van der Waals surface area contributed by atoms with E-state index in [4.69, 9.17) is 5.73 Å². The van der Waals surface area contributed by atoms with E-state index in [0.717, 1.165) is 5.56 Å². The molecule has 0 fully saturated rings. The molecule has 0 saturated heterocycles. The van der Waals surface area contributed by atoms with E-state index < -0.39 is 23.1 Å². The molecule has 106 valence electrons. The van der Waals surface area contributed by atoms with Crippen molar-refractivity contribution in [2.45, 2.75) is 32.2 Å². The van der Waals surface area contributed by atoms with Gasteiger partial charge in [-0.1, -0.05) is 44.2 Å². The molecule has 2 N–H and O–H groups in total. The largest absolute Gasteiger partial charge is 0.323 e. The number of halogens is 2. The van der Waals surface area contributed by atoms with E-state index in [-0.39, 0.29) is 11.1 Å². The van der Waals surface area contributed by atoms with Gasteiger partial charge in [0.1, 0.15) is 11.6 Å². The van der Waals surface area contributed by atoms with Crippen LogP contribution < -0.4 is 5.73 Å². The summed E-state index contributed by atoms with van der Waals surface area (Å²) < 4.78 is 27.8. The number of aryl methyl sites for hydroxylation is 1. The zero-order valence-electron chi connectivity index (χ0n) is 12.0. The van der Waals surface area contributed by atoms with Crippen molar-refractivity contribution in [3.05, 3.63) is 70.8 Å². The molecule has 1 unspecified atom stereocenters. The Balaban J connectivity index is 2.45. The van der Waals surface area contributed by atoms with Crippen LogP contribution in [0.5, 0.6) is 0 Å². The van der Waals surface area contributed by atoms with Gasteiger partial charge in [0.25, 0.3) is 0 Å². The van der Waals surface area contributed by atoms with Gasteiger partial charge in [-0.3, -0.25) is 0 Å². The SMILES string of the molecule is Cc1cc(F)c(C(N)C(C)(C)c2ccccc2)cc1F. The fraction of sp³-hybridized carbons (Fsp3) is 0.294. The highest BCUT2D eigenvalue weighted by atomic mass is 19.1. The Morgan fingerprint density at radius 2 is 1.60 bits per heavy atom. The topological polar surface area (TPSA) is 26.0 Å². The normalized spacial score (nSPS) is 13.3. The molecule has 0 bridgehead atoms. The highest BCUT2D eigenvalue weighted by molar-refractivity contribution is 5.34. The van der Waals surface area contributed by atoms with Crippen molar-refractivity contribution >= 4 is 0 Å². The average Bonchev–Trinajstić information content (AvgIpc) is 2.43. The lowest BCUT2D eigenvalue weighted by atomic mass is 9.75. The van der Waals surface area contributed by atoms with Crippen LogP contribution in [0.3, 0.4) is 0 Å². The van der Waals surface area contributed by atoms with Crippen LogP contribution in [0.15, 0.2) is 42.5 Å². The molecule has 0 heterocycles. The van der Waals surface area contributed by atoms with Gasteiger partial charge in [-0.2, -0.15) is 0 Å². The van der Waals surface area contributed by atoms with Crippen molar-refractivity contribution in [1.29, 1.82) is 0 Å². The summed E-state index contributed by atoms with van der Waals surface area (Å²) in [7, 11) is 0. The fourth-order valence-electron chi connectivity index (χ4n) is 2.34. The molecule has 0 radical (unpaired) electrons. The lowest BCUT2D eigenvalue weighted by Crippen LogP contribution is -2.34. The van der Waals surface area contributed by atoms with Gasteiger partial charge in [-0.25, -0.2) is 8.78 Å². The molecule has 3 heteroatoms. The minimum atomic E-state index is -0.625. The van der Waals surface area contributed by atoms with Gasteiger partial charge in [0.2, 0.25) is 0 Å². The van der Waals surface area contributed by atoms with Crippen LogP contribution in [-0.2, 0) is 5.41 Å². The molecule has 2 aromatic carbocycles. The molecule has 0 spiro atoms. The first-order chi connectivity index (χ1) is 9.34. The number of hydrogen-bond acceptors (Lipinski definition) is 1. The molecule has 2 aromatic rings. The standard InChI is InChI=1S/C17H19F2N/c1-11-9-15(19)13(10-14(11)18)16(20)17(2,3)12-7-5-4-6-8-12/h4-10,16H,20H2,1-3H3. The van der Waals surface area contributed by atoms with Gasteiger partial charge in [0.05, 0.1) is 0 Å². The second-order valence-corrected chi connectivity index (χ2v) is 5.69. The van der Waals surface area contributed by atoms with E-state index in [1.54, 1.807) is 0 Å². The van der Waals surface area contributed by atoms with E-state index in [1.165, 1.54) is 19.1 Å². The van der Waals surface area contributed by atoms with Crippen LogP contribution in [-0.4, -0.2) is 0 Å². The van der Waals surface area contributed by atoms with E-state index in [2.05, 4.69) is 0 Å². The Labute approximate surface area is 118 Å². The minimum absolute atomic E-state index is 0.210. The summed E-state index contributed by atoms with van der Waals surface area (Å²) in [5.74, 6) is -0.888. The Kier molecular flexibility index (Phi) is 3.91. The van der Waals surface area contributed by atoms with Crippen LogP contribution in [0.25, 0.3) is 0 Å². The lowest BCUT2D eigenvalue weighted by molar-refractivity contribution is 0.404. The van der Waals surface area contributed by atoms with Crippen molar-refractivity contribution in [2.24, 2.45) is 5.73 Å². The maximum absolute atomic E-state index is 14.1. The average molecular weight is 275 g/mol. The summed E-state index contributed by atoms with van der Waals surface area (Å²) in [5.41, 5.74) is 7.21. The molecule has 0 aliphatic carbocycles. The molecule has 0 aliphatic rings. The highest BCUT2D eigenvalue weighted by Crippen LogP contribution is 2.36. The second-order valence-electron chi connectivity index (χ2n) is 5.69. The smallest absolute Gasteiger partial charge is 0.128 e. The van der Waals surface area contributed by atoms with Gasteiger partial charge in [-0.15, -0.1) is 0 Å². The van der Waals surface area contributed by atoms with Gasteiger partial charge in [0.15, 0.2) is 0 Å². The first-order valence-electron chi connectivity index (χ1n) is 6.60. The van der Waals surface area contributed by atoms with Crippen molar-refractivity contribution in [1.82, 2.24) is 0 Å². The quantitative estimate of drug-likeness (QED) is 0.890. The first-order valence-corrected chi connectivity index (χ1v) is 6.60. The third-order valence-electron chi connectivity index (χ3n) is 3.91. The summed E-state index contributed by atoms with van der Waals surface area (Å²) in [6.45, 7) is 5.41. The molecule has 20 heavy (non-hydrogen) atoms. The van der Waals surface area contributed by atoms with E-state index in [0.29, 0.717) is 0 Å². The minimum Gasteiger partial charge on any atom is -0.323 e. The Hall–Kier alpha value is -1.74. The second kappa shape index (κ2) is 5.33. The summed E-state index contributed by atoms with van der Waals surface area (Å²) in [4.78, 5) is 0. The van der Waals surface area contributed by atoms with Crippen LogP contribution in [0.4, 0.5) is 8.78 Å². The molecule has 0 aromatic heterocycles. The van der Waals surface area contributed by atoms with E-state index >= 15 is 0 Å². The molecule has 0 amide bonds. The molecule has 0 aliphatic heterocycles. The van der Waals surface area contributed by atoms with Crippen molar-refractivity contribution in [3.63, 3.8) is 0 Å². The van der Waals surface area contributed by atoms with Gasteiger partial charge < -0.3 is 5.73 Å². The fourth-order valence-corrected chi connectivity index (χ4v) is 2.34. The summed E-state index contributed by atoms with van der Waals surface area (Å²) in [6.07, 6.45) is 0. The van der Waals surface area contributed by atoms with Crippen LogP contribution in [0.2, 0.25) is 0 Å². The maximum Gasteiger partial charge on any atom is 0.128 e. The van der Waals surface area contributed by atoms with Crippen LogP contribution >= 0.6 is 0 Å². The molecular formula is C17H19F2N. The van der Waals surface area contributed by atoms with Crippen molar-refractivity contribution in [3.8, 4) is 0 Å². The third kappa shape index (κ3) is 2.59. The zero-order chi connectivity index (χ0) is 14.9.